The number of rotatable bonds is 4. The van der Waals surface area contributed by atoms with Crippen LogP contribution in [-0.4, -0.2) is 35.6 Å². The number of carbonyl (C=O) groups excluding carboxylic acids is 1. The topological polar surface area (TPSA) is 111 Å². The van der Waals surface area contributed by atoms with Crippen LogP contribution in [0.4, 0.5) is 5.69 Å². The predicted molar refractivity (Wildman–Crippen MR) is 97.1 cm³/mol. The fourth-order valence-electron chi connectivity index (χ4n) is 2.82. The molecule has 4 aromatic rings. The quantitative estimate of drug-likeness (QED) is 0.592. The molecule has 0 atom stereocenters. The number of nitrogens with one attached hydrogen (secondary N) is 1. The van der Waals surface area contributed by atoms with Gasteiger partial charge in [-0.2, -0.15) is 9.97 Å². The number of amides is 1. The molecule has 0 saturated heterocycles. The monoisotopic (exact) mass is 363 g/mol. The molecule has 0 fully saturated rings. The summed E-state index contributed by atoms with van der Waals surface area (Å²) in [5.41, 5.74) is 3.04. The minimum atomic E-state index is -0.243. The Hall–Kier alpha value is -3.62. The first-order valence-electron chi connectivity index (χ1n) is 8.39. The first kappa shape index (κ1) is 16.8. The second kappa shape index (κ2) is 6.60. The molecular formula is C18H17N7O2. The molecular weight excluding hydrogens is 346 g/mol. The van der Waals surface area contributed by atoms with E-state index in [1.54, 1.807) is 17.5 Å². The van der Waals surface area contributed by atoms with Gasteiger partial charge in [0.15, 0.2) is 5.82 Å². The van der Waals surface area contributed by atoms with Crippen LogP contribution >= 0.6 is 0 Å². The van der Waals surface area contributed by atoms with Gasteiger partial charge in [0, 0.05) is 23.9 Å². The molecule has 3 heterocycles. The van der Waals surface area contributed by atoms with Crippen molar-refractivity contribution < 1.29 is 9.32 Å². The van der Waals surface area contributed by atoms with Gasteiger partial charge >= 0.3 is 0 Å². The molecule has 1 N–H and O–H groups in total. The van der Waals surface area contributed by atoms with Crippen molar-refractivity contribution in [3.05, 3.63) is 53.4 Å². The van der Waals surface area contributed by atoms with Gasteiger partial charge in [0.2, 0.25) is 17.6 Å². The molecule has 0 bridgehead atoms. The normalized spacial score (nSPS) is 11.1. The Kier molecular flexibility index (Phi) is 4.11. The van der Waals surface area contributed by atoms with E-state index in [4.69, 9.17) is 4.52 Å². The average molecular weight is 363 g/mol. The van der Waals surface area contributed by atoms with Gasteiger partial charge in [0.25, 0.3) is 5.78 Å². The van der Waals surface area contributed by atoms with E-state index in [1.807, 2.05) is 38.1 Å². The summed E-state index contributed by atoms with van der Waals surface area (Å²) in [6.45, 7) is 5.53. The van der Waals surface area contributed by atoms with Crippen molar-refractivity contribution in [1.82, 2.24) is 29.7 Å². The second-order valence-electron chi connectivity index (χ2n) is 6.19. The predicted octanol–water partition coefficient (Wildman–Crippen LogP) is 2.28. The maximum Gasteiger partial charge on any atom is 0.252 e. The largest absolute Gasteiger partial charge is 0.339 e. The van der Waals surface area contributed by atoms with Gasteiger partial charge < -0.3 is 9.84 Å². The van der Waals surface area contributed by atoms with E-state index in [0.717, 1.165) is 11.4 Å². The zero-order valence-corrected chi connectivity index (χ0v) is 15.1. The highest BCUT2D eigenvalue weighted by Crippen LogP contribution is 2.25. The van der Waals surface area contributed by atoms with Crippen LogP contribution in [0.5, 0.6) is 0 Å². The molecule has 0 saturated carbocycles. The van der Waals surface area contributed by atoms with Crippen molar-refractivity contribution in [3.8, 4) is 11.4 Å². The summed E-state index contributed by atoms with van der Waals surface area (Å²) in [5.74, 6) is 1.52. The van der Waals surface area contributed by atoms with Crippen molar-refractivity contribution >= 4 is 17.4 Å². The van der Waals surface area contributed by atoms with Crippen molar-refractivity contribution in [2.75, 3.05) is 5.32 Å². The lowest BCUT2D eigenvalue weighted by Crippen LogP contribution is -2.16. The van der Waals surface area contributed by atoms with E-state index in [2.05, 4.69) is 30.5 Å². The molecule has 3 aromatic heterocycles. The molecule has 0 radical (unpaired) electrons. The van der Waals surface area contributed by atoms with Crippen LogP contribution in [-0.2, 0) is 11.2 Å². The Morgan fingerprint density at radius 3 is 2.74 bits per heavy atom. The first-order valence-corrected chi connectivity index (χ1v) is 8.39. The highest BCUT2D eigenvalue weighted by atomic mass is 16.5. The molecule has 1 aromatic carbocycles. The number of hydrogen-bond donors (Lipinski definition) is 1. The van der Waals surface area contributed by atoms with Crippen LogP contribution in [0.1, 0.15) is 23.1 Å². The number of anilines is 1. The Labute approximate surface area is 154 Å². The third-order valence-corrected chi connectivity index (χ3v) is 3.95. The van der Waals surface area contributed by atoms with Crippen LogP contribution in [0.15, 0.2) is 34.9 Å². The summed E-state index contributed by atoms with van der Waals surface area (Å²) >= 11 is 0. The zero-order chi connectivity index (χ0) is 19.0. The molecule has 0 aliphatic carbocycles. The summed E-state index contributed by atoms with van der Waals surface area (Å²) in [7, 11) is 0. The van der Waals surface area contributed by atoms with E-state index in [9.17, 15) is 4.79 Å². The van der Waals surface area contributed by atoms with E-state index in [0.29, 0.717) is 34.6 Å². The lowest BCUT2D eigenvalue weighted by atomic mass is 10.1. The first-order chi connectivity index (χ1) is 13.0. The summed E-state index contributed by atoms with van der Waals surface area (Å²) < 4.78 is 6.66. The average Bonchev–Trinajstić information content (AvgIpc) is 3.21. The highest BCUT2D eigenvalue weighted by molar-refractivity contribution is 5.95. The minimum absolute atomic E-state index is 0.0292. The minimum Gasteiger partial charge on any atom is -0.339 e. The molecule has 9 heteroatoms. The summed E-state index contributed by atoms with van der Waals surface area (Å²) in [6.07, 6.45) is 0.0292. The molecule has 27 heavy (non-hydrogen) atoms. The van der Waals surface area contributed by atoms with Gasteiger partial charge in [0.1, 0.15) is 0 Å². The lowest BCUT2D eigenvalue weighted by Gasteiger charge is -2.07. The molecule has 0 unspecified atom stereocenters. The number of hydrogen-bond acceptors (Lipinski definition) is 7. The third kappa shape index (κ3) is 3.39. The van der Waals surface area contributed by atoms with Crippen LogP contribution in [0.25, 0.3) is 17.2 Å². The summed E-state index contributed by atoms with van der Waals surface area (Å²) in [6, 6.07) is 9.18. The maximum absolute atomic E-state index is 12.5. The summed E-state index contributed by atoms with van der Waals surface area (Å²) in [4.78, 5) is 25.4. The Morgan fingerprint density at radius 1 is 1.15 bits per heavy atom. The number of aromatic nitrogens is 6. The molecule has 136 valence electrons. The number of para-hydroxylation sites is 1. The van der Waals surface area contributed by atoms with Gasteiger partial charge in [-0.15, -0.1) is 5.10 Å². The summed E-state index contributed by atoms with van der Waals surface area (Å²) in [5, 5.41) is 11.1. The number of nitrogens with zero attached hydrogens (tertiary/aromatic N) is 6. The van der Waals surface area contributed by atoms with Crippen LogP contribution in [0.2, 0.25) is 0 Å². The van der Waals surface area contributed by atoms with Crippen LogP contribution in [0.3, 0.4) is 0 Å². The van der Waals surface area contributed by atoms with Gasteiger partial charge in [0.05, 0.1) is 12.1 Å². The van der Waals surface area contributed by atoms with Crippen molar-refractivity contribution in [3.63, 3.8) is 0 Å². The third-order valence-electron chi connectivity index (χ3n) is 3.95. The fraction of sp³-hybridized carbons (Fsp3) is 0.222. The molecule has 4 rings (SSSR count). The van der Waals surface area contributed by atoms with Gasteiger partial charge in [-0.05, 0) is 32.0 Å². The van der Waals surface area contributed by atoms with E-state index < -0.39 is 0 Å². The fourth-order valence-corrected chi connectivity index (χ4v) is 2.82. The maximum atomic E-state index is 12.5. The SMILES string of the molecule is Cc1cc(C)n2nc(CC(=O)Nc3ccccc3-c3noc(C)n3)nc2n1. The second-order valence-corrected chi connectivity index (χ2v) is 6.19. The Morgan fingerprint density at radius 2 is 1.96 bits per heavy atom. The van der Waals surface area contributed by atoms with E-state index in [-0.39, 0.29) is 12.3 Å². The molecule has 0 aliphatic rings. The van der Waals surface area contributed by atoms with Gasteiger partial charge in [-0.1, -0.05) is 17.3 Å². The number of carbonyl (C=O) groups is 1. The van der Waals surface area contributed by atoms with Crippen molar-refractivity contribution in [2.45, 2.75) is 27.2 Å². The molecule has 0 spiro atoms. The number of benzene rings is 1. The Bertz CT molecular complexity index is 1150. The molecule has 1 amide bonds. The van der Waals surface area contributed by atoms with Crippen molar-refractivity contribution in [2.24, 2.45) is 0 Å². The lowest BCUT2D eigenvalue weighted by molar-refractivity contribution is -0.115. The Balaban J connectivity index is 1.56. The molecule has 9 nitrogen and oxygen atoms in total. The van der Waals surface area contributed by atoms with Gasteiger partial charge in [-0.3, -0.25) is 4.79 Å². The smallest absolute Gasteiger partial charge is 0.252 e. The van der Waals surface area contributed by atoms with Crippen LogP contribution < -0.4 is 5.32 Å². The van der Waals surface area contributed by atoms with E-state index in [1.165, 1.54) is 0 Å². The highest BCUT2D eigenvalue weighted by Gasteiger charge is 2.15. The van der Waals surface area contributed by atoms with Crippen LogP contribution in [0, 0.1) is 20.8 Å². The van der Waals surface area contributed by atoms with Crippen molar-refractivity contribution in [1.29, 1.82) is 0 Å². The standard InChI is InChI=1S/C18H17N7O2/c1-10-8-11(2)25-18(19-10)22-15(23-25)9-16(26)21-14-7-5-4-6-13(14)17-20-12(3)27-24-17/h4-8H,9H2,1-3H3,(H,21,26). The number of fused-ring (bicyclic) bond motifs is 1. The zero-order valence-electron chi connectivity index (χ0n) is 15.1. The molecule has 0 aliphatic heterocycles. The number of aryl methyl sites for hydroxylation is 3. The van der Waals surface area contributed by atoms with Gasteiger partial charge in [-0.25, -0.2) is 9.50 Å². The van der Waals surface area contributed by atoms with E-state index >= 15 is 0 Å².